The van der Waals surface area contributed by atoms with E-state index in [2.05, 4.69) is 6.58 Å². The second-order valence-electron chi connectivity index (χ2n) is 3.63. The second-order valence-corrected chi connectivity index (χ2v) is 4.61. The fourth-order valence-corrected chi connectivity index (χ4v) is 2.30. The molecule has 1 heterocycles. The fourth-order valence-electron chi connectivity index (χ4n) is 1.54. The van der Waals surface area contributed by atoms with Gasteiger partial charge in [0.25, 0.3) is 5.56 Å². The Morgan fingerprint density at radius 3 is 2.58 bits per heavy atom. The molecule has 0 spiro atoms. The maximum absolute atomic E-state index is 12.0. The molecule has 0 aliphatic heterocycles. The summed E-state index contributed by atoms with van der Waals surface area (Å²) < 4.78 is 2.21. The van der Waals surface area contributed by atoms with Gasteiger partial charge in [-0.2, -0.15) is 0 Å². The molecule has 0 aliphatic rings. The number of carboxylic acid groups (broad SMARTS) is 1. The second kappa shape index (κ2) is 6.28. The van der Waals surface area contributed by atoms with E-state index in [1.54, 1.807) is 6.92 Å². The summed E-state index contributed by atoms with van der Waals surface area (Å²) in [6.45, 7) is 5.52. The van der Waals surface area contributed by atoms with Crippen LogP contribution < -0.4 is 17.0 Å². The number of rotatable bonds is 6. The first-order valence-corrected chi connectivity index (χ1v) is 6.51. The Balaban J connectivity index is 3.48. The Kier molecular flexibility index (Phi) is 4.99. The number of aliphatic carboxylic acids is 1. The van der Waals surface area contributed by atoms with E-state index in [4.69, 9.17) is 10.8 Å². The van der Waals surface area contributed by atoms with Gasteiger partial charge in [-0.15, -0.1) is 18.3 Å². The molecule has 0 unspecified atom stereocenters. The molecule has 0 aromatic carbocycles. The molecule has 1 rings (SSSR count). The van der Waals surface area contributed by atoms with Crippen molar-refractivity contribution < 1.29 is 9.90 Å². The molecule has 0 saturated carbocycles. The average molecular weight is 285 g/mol. The van der Waals surface area contributed by atoms with Crippen LogP contribution in [0, 0.1) is 0 Å². The zero-order valence-corrected chi connectivity index (χ0v) is 11.3. The van der Waals surface area contributed by atoms with Crippen LogP contribution in [0.2, 0.25) is 0 Å². The first-order valence-electron chi connectivity index (χ1n) is 5.52. The quantitative estimate of drug-likeness (QED) is 0.561. The topological polar surface area (TPSA) is 107 Å². The van der Waals surface area contributed by atoms with Gasteiger partial charge in [-0.05, 0) is 6.92 Å². The van der Waals surface area contributed by atoms with Crippen LogP contribution in [0.1, 0.15) is 6.92 Å². The molecule has 0 saturated heterocycles. The number of thioether (sulfide) groups is 1. The van der Waals surface area contributed by atoms with Crippen LogP contribution in [0.5, 0.6) is 0 Å². The van der Waals surface area contributed by atoms with Gasteiger partial charge in [0.1, 0.15) is 10.7 Å². The number of nitrogens with two attached hydrogens (primary N) is 1. The zero-order chi connectivity index (χ0) is 14.6. The summed E-state index contributed by atoms with van der Waals surface area (Å²) in [6, 6.07) is 0. The number of hydrogen-bond acceptors (Lipinski definition) is 5. The number of hydrogen-bond donors (Lipinski definition) is 2. The van der Waals surface area contributed by atoms with Crippen molar-refractivity contribution in [3.05, 3.63) is 33.5 Å². The lowest BCUT2D eigenvalue weighted by Gasteiger charge is -2.13. The van der Waals surface area contributed by atoms with Gasteiger partial charge in [-0.3, -0.25) is 18.7 Å². The van der Waals surface area contributed by atoms with Gasteiger partial charge < -0.3 is 10.8 Å². The van der Waals surface area contributed by atoms with E-state index in [0.717, 1.165) is 16.3 Å². The Hall–Kier alpha value is -1.96. The van der Waals surface area contributed by atoms with E-state index in [1.807, 2.05) is 0 Å². The standard InChI is InChI=1S/C11H15N3O4S/c1-3-5-14-9(12)8(19-6-7(15)16)10(17)13(4-2)11(14)18/h3H,1,4-6,12H2,2H3,(H,15,16). The lowest BCUT2D eigenvalue weighted by Crippen LogP contribution is -2.41. The van der Waals surface area contributed by atoms with Crippen molar-refractivity contribution >= 4 is 23.5 Å². The highest BCUT2D eigenvalue weighted by molar-refractivity contribution is 8.00. The van der Waals surface area contributed by atoms with Gasteiger partial charge in [0, 0.05) is 13.1 Å². The number of nitrogen functional groups attached to an aromatic ring is 1. The summed E-state index contributed by atoms with van der Waals surface area (Å²) in [5.74, 6) is -1.38. The summed E-state index contributed by atoms with van der Waals surface area (Å²) in [5, 5.41) is 8.66. The summed E-state index contributed by atoms with van der Waals surface area (Å²) in [6.07, 6.45) is 1.48. The highest BCUT2D eigenvalue weighted by Gasteiger charge is 2.17. The Morgan fingerprint density at radius 1 is 1.47 bits per heavy atom. The van der Waals surface area contributed by atoms with Crippen LogP contribution in [-0.4, -0.2) is 26.0 Å². The molecule has 0 bridgehead atoms. The summed E-state index contributed by atoms with van der Waals surface area (Å²) >= 11 is 0.808. The van der Waals surface area contributed by atoms with Gasteiger partial charge >= 0.3 is 11.7 Å². The number of allylic oxidation sites excluding steroid dienone is 1. The third-order valence-corrected chi connectivity index (χ3v) is 3.46. The molecule has 1 aromatic heterocycles. The van der Waals surface area contributed by atoms with Crippen molar-refractivity contribution in [3.8, 4) is 0 Å². The highest BCUT2D eigenvalue weighted by Crippen LogP contribution is 2.19. The molecule has 7 nitrogen and oxygen atoms in total. The van der Waals surface area contributed by atoms with Gasteiger partial charge in [0.2, 0.25) is 0 Å². The number of aromatic nitrogens is 2. The largest absolute Gasteiger partial charge is 0.481 e. The molecule has 3 N–H and O–H groups in total. The minimum absolute atomic E-state index is 0.0224. The SMILES string of the molecule is C=CCn1c(N)c(SCC(=O)O)c(=O)n(CC)c1=O. The van der Waals surface area contributed by atoms with E-state index in [1.165, 1.54) is 10.6 Å². The van der Waals surface area contributed by atoms with Crippen molar-refractivity contribution in [2.45, 2.75) is 24.9 Å². The fraction of sp³-hybridized carbons (Fsp3) is 0.364. The Labute approximate surface area is 113 Å². The normalized spacial score (nSPS) is 10.4. The lowest BCUT2D eigenvalue weighted by atomic mass is 10.5. The molecule has 19 heavy (non-hydrogen) atoms. The number of carboxylic acids is 1. The van der Waals surface area contributed by atoms with Crippen molar-refractivity contribution in [2.75, 3.05) is 11.5 Å². The maximum atomic E-state index is 12.0. The van der Waals surface area contributed by atoms with Crippen molar-refractivity contribution in [3.63, 3.8) is 0 Å². The van der Waals surface area contributed by atoms with Crippen LogP contribution >= 0.6 is 11.8 Å². The lowest BCUT2D eigenvalue weighted by molar-refractivity contribution is -0.133. The molecule has 0 fully saturated rings. The van der Waals surface area contributed by atoms with Crippen LogP contribution in [0.25, 0.3) is 0 Å². The predicted molar refractivity (Wildman–Crippen MR) is 73.6 cm³/mol. The molecule has 0 aliphatic carbocycles. The van der Waals surface area contributed by atoms with Crippen LogP contribution in [-0.2, 0) is 17.9 Å². The maximum Gasteiger partial charge on any atom is 0.332 e. The number of nitrogens with zero attached hydrogens (tertiary/aromatic N) is 2. The summed E-state index contributed by atoms with van der Waals surface area (Å²) in [4.78, 5) is 34.7. The molecule has 8 heteroatoms. The monoisotopic (exact) mass is 285 g/mol. The van der Waals surface area contributed by atoms with E-state index in [-0.39, 0.29) is 29.6 Å². The van der Waals surface area contributed by atoms with Gasteiger partial charge in [0.15, 0.2) is 0 Å². The Morgan fingerprint density at radius 2 is 2.11 bits per heavy atom. The van der Waals surface area contributed by atoms with Crippen LogP contribution in [0.4, 0.5) is 5.82 Å². The number of carbonyl (C=O) groups is 1. The minimum atomic E-state index is -1.06. The molecule has 0 radical (unpaired) electrons. The number of anilines is 1. The molecule has 0 atom stereocenters. The van der Waals surface area contributed by atoms with Gasteiger partial charge in [0.05, 0.1) is 5.75 Å². The molecular formula is C11H15N3O4S. The first kappa shape index (κ1) is 15.1. The minimum Gasteiger partial charge on any atom is -0.481 e. The summed E-state index contributed by atoms with van der Waals surface area (Å²) in [5.41, 5.74) is 4.69. The van der Waals surface area contributed by atoms with Crippen molar-refractivity contribution in [1.29, 1.82) is 0 Å². The smallest absolute Gasteiger partial charge is 0.332 e. The van der Waals surface area contributed by atoms with E-state index < -0.39 is 17.2 Å². The zero-order valence-electron chi connectivity index (χ0n) is 10.5. The predicted octanol–water partition coefficient (Wildman–Crippen LogP) is -0.0252. The van der Waals surface area contributed by atoms with Crippen LogP contribution in [0.3, 0.4) is 0 Å². The first-order chi connectivity index (χ1) is 8.93. The third-order valence-electron chi connectivity index (χ3n) is 2.39. The van der Waals surface area contributed by atoms with Crippen molar-refractivity contribution in [2.24, 2.45) is 0 Å². The molecular weight excluding hydrogens is 270 g/mol. The van der Waals surface area contributed by atoms with Crippen molar-refractivity contribution in [1.82, 2.24) is 9.13 Å². The van der Waals surface area contributed by atoms with Gasteiger partial charge in [-0.1, -0.05) is 6.08 Å². The van der Waals surface area contributed by atoms with E-state index in [0.29, 0.717) is 0 Å². The van der Waals surface area contributed by atoms with E-state index in [9.17, 15) is 14.4 Å². The Bertz CT molecular complexity index is 618. The third kappa shape index (κ3) is 3.08. The summed E-state index contributed by atoms with van der Waals surface area (Å²) in [7, 11) is 0. The average Bonchev–Trinajstić information content (AvgIpc) is 2.34. The molecule has 1 aromatic rings. The molecule has 0 amide bonds. The highest BCUT2D eigenvalue weighted by atomic mass is 32.2. The van der Waals surface area contributed by atoms with E-state index >= 15 is 0 Å². The van der Waals surface area contributed by atoms with Crippen LogP contribution in [0.15, 0.2) is 27.1 Å². The molecule has 104 valence electrons. The van der Waals surface area contributed by atoms with Gasteiger partial charge in [-0.25, -0.2) is 4.79 Å².